The first-order chi connectivity index (χ1) is 10.5. The summed E-state index contributed by atoms with van der Waals surface area (Å²) in [4.78, 5) is 19.0. The van der Waals surface area contributed by atoms with Gasteiger partial charge in [-0.25, -0.2) is 4.98 Å². The van der Waals surface area contributed by atoms with Crippen molar-refractivity contribution >= 4 is 22.7 Å². The van der Waals surface area contributed by atoms with Crippen molar-refractivity contribution in [2.24, 2.45) is 17.1 Å². The standard InChI is InChI=1S/C15H18N6O/c1-15(2)6-8(12(16)22)5-9(15)14-20-19-11-7-18-13-10(21(11)14)3-4-17-13/h3-4,7-9,17H,5-6H2,1-2H3,(H2,16,22)/t8-,9+/m1/s1. The zero-order valence-corrected chi connectivity index (χ0v) is 12.6. The summed E-state index contributed by atoms with van der Waals surface area (Å²) in [6.45, 7) is 4.33. The number of aromatic amines is 1. The van der Waals surface area contributed by atoms with Crippen LogP contribution in [-0.2, 0) is 4.79 Å². The molecular weight excluding hydrogens is 280 g/mol. The van der Waals surface area contributed by atoms with Crippen LogP contribution in [0.5, 0.6) is 0 Å². The van der Waals surface area contributed by atoms with Crippen molar-refractivity contribution < 1.29 is 4.79 Å². The van der Waals surface area contributed by atoms with Crippen LogP contribution in [0.2, 0.25) is 0 Å². The predicted octanol–water partition coefficient (Wildman–Crippen LogP) is 1.61. The number of rotatable bonds is 2. The minimum absolute atomic E-state index is 0.0471. The van der Waals surface area contributed by atoms with E-state index in [1.54, 1.807) is 6.20 Å². The molecule has 0 unspecified atom stereocenters. The van der Waals surface area contributed by atoms with E-state index >= 15 is 0 Å². The molecule has 1 fully saturated rings. The Morgan fingerprint density at radius 3 is 3.00 bits per heavy atom. The molecule has 0 aromatic carbocycles. The number of primary amides is 1. The lowest BCUT2D eigenvalue weighted by molar-refractivity contribution is -0.121. The number of H-pyrrole nitrogens is 1. The van der Waals surface area contributed by atoms with Crippen molar-refractivity contribution in [2.45, 2.75) is 32.6 Å². The summed E-state index contributed by atoms with van der Waals surface area (Å²) in [5, 5.41) is 8.65. The minimum Gasteiger partial charge on any atom is -0.369 e. The molecule has 3 N–H and O–H groups in total. The molecule has 1 amide bonds. The van der Waals surface area contributed by atoms with Crippen molar-refractivity contribution in [3.63, 3.8) is 0 Å². The topological polar surface area (TPSA) is 102 Å². The highest BCUT2D eigenvalue weighted by Crippen LogP contribution is 2.51. The highest BCUT2D eigenvalue weighted by molar-refractivity contribution is 5.77. The second-order valence-corrected chi connectivity index (χ2v) is 6.80. The summed E-state index contributed by atoms with van der Waals surface area (Å²) in [6, 6.07) is 1.97. The summed E-state index contributed by atoms with van der Waals surface area (Å²) in [6.07, 6.45) is 5.07. The van der Waals surface area contributed by atoms with Gasteiger partial charge in [0.25, 0.3) is 0 Å². The van der Waals surface area contributed by atoms with Gasteiger partial charge in [0.15, 0.2) is 11.3 Å². The number of amides is 1. The Hall–Kier alpha value is -2.44. The van der Waals surface area contributed by atoms with Crippen LogP contribution in [0.25, 0.3) is 16.8 Å². The van der Waals surface area contributed by atoms with E-state index in [0.717, 1.165) is 35.5 Å². The predicted molar refractivity (Wildman–Crippen MR) is 81.1 cm³/mol. The summed E-state index contributed by atoms with van der Waals surface area (Å²) in [7, 11) is 0. The third-order valence-corrected chi connectivity index (χ3v) is 4.92. The quantitative estimate of drug-likeness (QED) is 0.750. The van der Waals surface area contributed by atoms with Gasteiger partial charge >= 0.3 is 0 Å². The van der Waals surface area contributed by atoms with Crippen molar-refractivity contribution in [1.29, 1.82) is 0 Å². The Kier molecular flexibility index (Phi) is 2.58. The van der Waals surface area contributed by atoms with Crippen LogP contribution < -0.4 is 5.73 Å². The van der Waals surface area contributed by atoms with Gasteiger partial charge in [-0.1, -0.05) is 13.8 Å². The van der Waals surface area contributed by atoms with Gasteiger partial charge in [-0.2, -0.15) is 0 Å². The van der Waals surface area contributed by atoms with E-state index in [0.29, 0.717) is 0 Å². The first-order valence-corrected chi connectivity index (χ1v) is 7.44. The maximum absolute atomic E-state index is 11.6. The number of hydrogen-bond donors (Lipinski definition) is 2. The molecular formula is C15H18N6O. The fourth-order valence-corrected chi connectivity index (χ4v) is 3.76. The first kappa shape index (κ1) is 13.2. The molecule has 0 saturated heterocycles. The Morgan fingerprint density at radius 1 is 1.45 bits per heavy atom. The van der Waals surface area contributed by atoms with Crippen molar-refractivity contribution in [3.8, 4) is 0 Å². The highest BCUT2D eigenvalue weighted by atomic mass is 16.1. The monoisotopic (exact) mass is 298 g/mol. The molecule has 2 atom stereocenters. The average Bonchev–Trinajstić information content (AvgIpc) is 3.12. The van der Waals surface area contributed by atoms with Crippen LogP contribution in [0, 0.1) is 11.3 Å². The van der Waals surface area contributed by atoms with E-state index in [-0.39, 0.29) is 23.2 Å². The van der Waals surface area contributed by atoms with Crippen LogP contribution in [0.3, 0.4) is 0 Å². The molecule has 0 bridgehead atoms. The summed E-state index contributed by atoms with van der Waals surface area (Å²) in [5.74, 6) is 0.699. The van der Waals surface area contributed by atoms with E-state index in [4.69, 9.17) is 5.73 Å². The van der Waals surface area contributed by atoms with Crippen LogP contribution in [0.4, 0.5) is 0 Å². The molecule has 4 rings (SSSR count). The molecule has 0 radical (unpaired) electrons. The molecule has 7 nitrogen and oxygen atoms in total. The van der Waals surface area contributed by atoms with Gasteiger partial charge in [-0.15, -0.1) is 10.2 Å². The molecule has 114 valence electrons. The van der Waals surface area contributed by atoms with Crippen LogP contribution in [0.15, 0.2) is 18.5 Å². The number of nitrogens with two attached hydrogens (primary N) is 1. The molecule has 22 heavy (non-hydrogen) atoms. The molecule has 7 heteroatoms. The summed E-state index contributed by atoms with van der Waals surface area (Å²) < 4.78 is 2.04. The number of nitrogens with one attached hydrogen (secondary N) is 1. The smallest absolute Gasteiger partial charge is 0.220 e. The van der Waals surface area contributed by atoms with Crippen molar-refractivity contribution in [2.75, 3.05) is 0 Å². The van der Waals surface area contributed by atoms with Crippen molar-refractivity contribution in [1.82, 2.24) is 24.6 Å². The van der Waals surface area contributed by atoms with Crippen LogP contribution in [0.1, 0.15) is 38.4 Å². The zero-order valence-electron chi connectivity index (χ0n) is 12.6. The Bertz CT molecular complexity index is 877. The maximum Gasteiger partial charge on any atom is 0.220 e. The molecule has 3 aromatic heterocycles. The van der Waals surface area contributed by atoms with Gasteiger partial charge in [0.1, 0.15) is 5.82 Å². The van der Waals surface area contributed by atoms with Gasteiger partial charge < -0.3 is 10.7 Å². The largest absolute Gasteiger partial charge is 0.369 e. The third kappa shape index (κ3) is 1.74. The maximum atomic E-state index is 11.6. The molecule has 1 aliphatic rings. The molecule has 0 spiro atoms. The van der Waals surface area contributed by atoms with Crippen LogP contribution in [-0.4, -0.2) is 30.5 Å². The molecule has 1 saturated carbocycles. The molecule has 3 heterocycles. The number of carbonyl (C=O) groups is 1. The minimum atomic E-state index is -0.224. The molecule has 1 aliphatic carbocycles. The normalized spacial score (nSPS) is 24.3. The number of hydrogen-bond acceptors (Lipinski definition) is 4. The fourth-order valence-electron chi connectivity index (χ4n) is 3.76. The van der Waals surface area contributed by atoms with Gasteiger partial charge in [-0.05, 0) is 24.3 Å². The molecule has 3 aromatic rings. The number of aromatic nitrogens is 5. The van der Waals surface area contributed by atoms with E-state index in [2.05, 4.69) is 34.0 Å². The number of nitrogens with zero attached hydrogens (tertiary/aromatic N) is 4. The number of carbonyl (C=O) groups excluding carboxylic acids is 1. The Labute approximate surface area is 126 Å². The van der Waals surface area contributed by atoms with Gasteiger partial charge in [0, 0.05) is 18.0 Å². The summed E-state index contributed by atoms with van der Waals surface area (Å²) >= 11 is 0. The lowest BCUT2D eigenvalue weighted by Gasteiger charge is -2.25. The van der Waals surface area contributed by atoms with E-state index < -0.39 is 0 Å². The Morgan fingerprint density at radius 2 is 2.27 bits per heavy atom. The second kappa shape index (κ2) is 4.28. The lowest BCUT2D eigenvalue weighted by atomic mass is 9.81. The zero-order chi connectivity index (χ0) is 15.5. The average molecular weight is 298 g/mol. The Balaban J connectivity index is 1.90. The first-order valence-electron chi connectivity index (χ1n) is 7.44. The highest BCUT2D eigenvalue weighted by Gasteiger charge is 2.45. The van der Waals surface area contributed by atoms with Gasteiger partial charge in [-0.3, -0.25) is 9.20 Å². The lowest BCUT2D eigenvalue weighted by Crippen LogP contribution is -2.21. The van der Waals surface area contributed by atoms with E-state index in [9.17, 15) is 4.79 Å². The molecule has 0 aliphatic heterocycles. The number of fused-ring (bicyclic) bond motifs is 3. The van der Waals surface area contributed by atoms with E-state index in [1.165, 1.54) is 0 Å². The van der Waals surface area contributed by atoms with Crippen molar-refractivity contribution in [3.05, 3.63) is 24.3 Å². The van der Waals surface area contributed by atoms with Crippen LogP contribution >= 0.6 is 0 Å². The third-order valence-electron chi connectivity index (χ3n) is 4.92. The van der Waals surface area contributed by atoms with E-state index in [1.807, 2.05) is 16.7 Å². The summed E-state index contributed by atoms with van der Waals surface area (Å²) in [5.41, 5.74) is 7.96. The van der Waals surface area contributed by atoms with Gasteiger partial charge in [0.05, 0.1) is 11.7 Å². The second-order valence-electron chi connectivity index (χ2n) is 6.80. The fraction of sp³-hybridized carbons (Fsp3) is 0.467. The SMILES string of the molecule is CC1(C)C[C@H](C(N)=O)C[C@H]1c1nnc2cnc3[nH]ccc3n12. The van der Waals surface area contributed by atoms with Gasteiger partial charge in [0.2, 0.25) is 5.91 Å².